The molecule has 2 aliphatic heterocycles. The van der Waals surface area contributed by atoms with Crippen LogP contribution >= 0.6 is 0 Å². The Morgan fingerprint density at radius 1 is 1.23 bits per heavy atom. The molecule has 2 saturated heterocycles. The van der Waals surface area contributed by atoms with Crippen LogP contribution in [0.3, 0.4) is 0 Å². The highest BCUT2D eigenvalue weighted by atomic mass is 19.1. The van der Waals surface area contributed by atoms with Crippen LogP contribution in [0.1, 0.15) is 57.4 Å². The molecule has 2 aromatic heterocycles. The topological polar surface area (TPSA) is 49.2 Å². The third-order valence-electron chi connectivity index (χ3n) is 8.37. The third kappa shape index (κ3) is 2.96. The number of aromatic nitrogens is 1. The summed E-state index contributed by atoms with van der Waals surface area (Å²) in [6.45, 7) is 4.48. The summed E-state index contributed by atoms with van der Waals surface area (Å²) in [6.07, 6.45) is 7.45. The van der Waals surface area contributed by atoms with Crippen molar-refractivity contribution in [3.8, 4) is 11.3 Å². The van der Waals surface area contributed by atoms with E-state index in [-0.39, 0.29) is 5.92 Å². The van der Waals surface area contributed by atoms with Crippen LogP contribution in [0.5, 0.6) is 0 Å². The Morgan fingerprint density at radius 2 is 2.10 bits per heavy atom. The summed E-state index contributed by atoms with van der Waals surface area (Å²) in [5, 5.41) is 1.02. The average Bonchev–Trinajstić information content (AvgIpc) is 3.37. The largest absolute Gasteiger partial charge is 0.431 e. The maximum atomic E-state index is 13.5. The number of fused-ring (bicyclic) bond motifs is 1. The minimum Gasteiger partial charge on any atom is -0.431 e. The maximum absolute atomic E-state index is 13.5. The van der Waals surface area contributed by atoms with Gasteiger partial charge in [0.2, 0.25) is 5.91 Å². The van der Waals surface area contributed by atoms with Crippen molar-refractivity contribution in [2.45, 2.75) is 64.0 Å². The number of halogens is 1. The molecule has 0 spiro atoms. The lowest BCUT2D eigenvalue weighted by Crippen LogP contribution is -2.63. The molecule has 1 amide bonds. The number of nitrogens with one attached hydrogen (secondary N) is 1. The molecule has 5 heteroatoms. The molecule has 2 saturated carbocycles. The van der Waals surface area contributed by atoms with E-state index in [1.165, 1.54) is 31.7 Å². The fourth-order valence-corrected chi connectivity index (χ4v) is 6.94. The number of rotatable bonds is 4. The van der Waals surface area contributed by atoms with Crippen LogP contribution < -0.4 is 0 Å². The lowest BCUT2D eigenvalue weighted by atomic mass is 9.59. The summed E-state index contributed by atoms with van der Waals surface area (Å²) in [7, 11) is 0. The second-order valence-corrected chi connectivity index (χ2v) is 10.1. The van der Waals surface area contributed by atoms with Gasteiger partial charge in [-0.2, -0.15) is 4.39 Å². The molecule has 4 nitrogen and oxygen atoms in total. The lowest BCUT2D eigenvalue weighted by molar-refractivity contribution is -0.156. The second kappa shape index (κ2) is 6.98. The van der Waals surface area contributed by atoms with E-state index < -0.39 is 6.01 Å². The summed E-state index contributed by atoms with van der Waals surface area (Å²) in [5.41, 5.74) is 2.93. The first-order valence-corrected chi connectivity index (χ1v) is 11.7. The highest BCUT2D eigenvalue weighted by Gasteiger charge is 2.52. The van der Waals surface area contributed by atoms with Gasteiger partial charge in [-0.05, 0) is 67.1 Å². The number of piperidine rings is 2. The van der Waals surface area contributed by atoms with Crippen LogP contribution in [0, 0.1) is 23.8 Å². The molecule has 0 radical (unpaired) electrons. The molecular weight excluding hydrogens is 391 g/mol. The van der Waals surface area contributed by atoms with E-state index in [9.17, 15) is 9.18 Å². The first-order valence-electron chi connectivity index (χ1n) is 11.7. The third-order valence-corrected chi connectivity index (χ3v) is 8.37. The van der Waals surface area contributed by atoms with Gasteiger partial charge < -0.3 is 14.3 Å². The highest BCUT2D eigenvalue weighted by Crippen LogP contribution is 2.52. The Kier molecular flexibility index (Phi) is 4.31. The average molecular weight is 421 g/mol. The van der Waals surface area contributed by atoms with E-state index in [0.717, 1.165) is 33.9 Å². The maximum Gasteiger partial charge on any atom is 0.278 e. The van der Waals surface area contributed by atoms with Crippen molar-refractivity contribution in [2.24, 2.45) is 17.8 Å². The van der Waals surface area contributed by atoms with E-state index in [4.69, 9.17) is 4.42 Å². The quantitative estimate of drug-likeness (QED) is 0.555. The van der Waals surface area contributed by atoms with Gasteiger partial charge in [0.1, 0.15) is 5.76 Å². The van der Waals surface area contributed by atoms with Gasteiger partial charge in [-0.1, -0.05) is 26.0 Å². The number of benzene rings is 1. The van der Waals surface area contributed by atoms with Crippen LogP contribution in [0.4, 0.5) is 4.39 Å². The summed E-state index contributed by atoms with van der Waals surface area (Å²) >= 11 is 0. The van der Waals surface area contributed by atoms with Gasteiger partial charge >= 0.3 is 0 Å². The van der Waals surface area contributed by atoms with Gasteiger partial charge in [-0.15, -0.1) is 0 Å². The second-order valence-electron chi connectivity index (χ2n) is 10.1. The molecule has 2 aliphatic carbocycles. The summed E-state index contributed by atoms with van der Waals surface area (Å²) in [4.78, 5) is 19.1. The molecule has 4 heterocycles. The van der Waals surface area contributed by atoms with E-state index in [1.807, 2.05) is 24.4 Å². The zero-order valence-corrected chi connectivity index (χ0v) is 18.1. The van der Waals surface area contributed by atoms with Gasteiger partial charge in [0, 0.05) is 47.2 Å². The molecule has 4 fully saturated rings. The molecule has 31 heavy (non-hydrogen) atoms. The molecule has 7 rings (SSSR count). The zero-order chi connectivity index (χ0) is 21.3. The molecule has 162 valence electrons. The molecule has 4 aliphatic rings. The number of carbonyl (C=O) groups is 1. The molecule has 3 aromatic rings. The number of hydrogen-bond donors (Lipinski definition) is 1. The smallest absolute Gasteiger partial charge is 0.278 e. The highest BCUT2D eigenvalue weighted by molar-refractivity contribution is 5.97. The molecule has 6 atom stereocenters. The Balaban J connectivity index is 1.29. The van der Waals surface area contributed by atoms with E-state index in [0.29, 0.717) is 36.1 Å². The van der Waals surface area contributed by atoms with Crippen LogP contribution in [0.15, 0.2) is 40.9 Å². The normalized spacial score (nSPS) is 30.3. The summed E-state index contributed by atoms with van der Waals surface area (Å²) in [5.74, 6) is 3.14. The van der Waals surface area contributed by atoms with Crippen LogP contribution in [0.2, 0.25) is 0 Å². The number of aromatic amines is 1. The fourth-order valence-electron chi connectivity index (χ4n) is 6.94. The first kappa shape index (κ1) is 19.1. The van der Waals surface area contributed by atoms with Crippen LogP contribution in [-0.2, 0) is 4.79 Å². The standard InChI is InChI=1S/C26H29FN2O2/c1-14(8-25(30)29-18-10-16-9-17(12-18)15(2)22(29)11-16)20-13-28-21-5-3-4-19(26(20)21)23-6-7-24(27)31-23/h3-7,13-18,22,28H,8-12H2,1-2H3. The molecule has 6 unspecified atom stereocenters. The molecule has 4 bridgehead atoms. The van der Waals surface area contributed by atoms with Gasteiger partial charge in [-0.3, -0.25) is 4.79 Å². The van der Waals surface area contributed by atoms with Crippen molar-refractivity contribution in [1.82, 2.24) is 9.88 Å². The van der Waals surface area contributed by atoms with Crippen molar-refractivity contribution in [3.63, 3.8) is 0 Å². The van der Waals surface area contributed by atoms with Gasteiger partial charge in [0.25, 0.3) is 6.01 Å². The number of H-pyrrole nitrogens is 1. The predicted molar refractivity (Wildman–Crippen MR) is 118 cm³/mol. The van der Waals surface area contributed by atoms with Crippen molar-refractivity contribution < 1.29 is 13.6 Å². The van der Waals surface area contributed by atoms with E-state index in [1.54, 1.807) is 6.07 Å². The monoisotopic (exact) mass is 420 g/mol. The summed E-state index contributed by atoms with van der Waals surface area (Å²) < 4.78 is 18.8. The molecule has 1 aromatic carbocycles. The van der Waals surface area contributed by atoms with Crippen molar-refractivity contribution in [3.05, 3.63) is 48.1 Å². The van der Waals surface area contributed by atoms with Gasteiger partial charge in [-0.25, -0.2) is 0 Å². The minimum atomic E-state index is -0.587. The van der Waals surface area contributed by atoms with Gasteiger partial charge in [0.05, 0.1) is 0 Å². The fraction of sp³-hybridized carbons (Fsp3) is 0.500. The van der Waals surface area contributed by atoms with E-state index >= 15 is 0 Å². The number of furan rings is 1. The van der Waals surface area contributed by atoms with E-state index in [2.05, 4.69) is 23.7 Å². The lowest BCUT2D eigenvalue weighted by Gasteiger charge is -2.59. The SMILES string of the molecule is CC(CC(=O)N1C2CC3CC(C2)C(C)C1C3)c1c[nH]c2cccc(-c3ccc(F)o3)c12. The Morgan fingerprint density at radius 3 is 2.90 bits per heavy atom. The zero-order valence-electron chi connectivity index (χ0n) is 18.1. The number of carbonyl (C=O) groups excluding carboxylic acids is 1. The van der Waals surface area contributed by atoms with Crippen LogP contribution in [0.25, 0.3) is 22.2 Å². The predicted octanol–water partition coefficient (Wildman–Crippen LogP) is 6.10. The Labute approximate surface area is 181 Å². The first-order chi connectivity index (χ1) is 15.0. The number of nitrogens with zero attached hydrogens (tertiary/aromatic N) is 1. The number of hydrogen-bond acceptors (Lipinski definition) is 2. The van der Waals surface area contributed by atoms with Crippen molar-refractivity contribution in [1.29, 1.82) is 0 Å². The minimum absolute atomic E-state index is 0.0645. The summed E-state index contributed by atoms with van der Waals surface area (Å²) in [6, 6.07) is 9.21. The molecular formula is C26H29FN2O2. The molecule has 1 N–H and O–H groups in total. The van der Waals surface area contributed by atoms with Crippen molar-refractivity contribution >= 4 is 16.8 Å². The van der Waals surface area contributed by atoms with Crippen molar-refractivity contribution in [2.75, 3.05) is 0 Å². The Bertz CT molecular complexity index is 1150. The Hall–Kier alpha value is -2.56. The number of amides is 1. The van der Waals surface area contributed by atoms with Gasteiger partial charge in [0.15, 0.2) is 0 Å². The van der Waals surface area contributed by atoms with Crippen LogP contribution in [-0.4, -0.2) is 27.9 Å².